The first-order chi connectivity index (χ1) is 11.5. The average Bonchev–Trinajstić information content (AvgIpc) is 2.63. The second kappa shape index (κ2) is 9.16. The van der Waals surface area contributed by atoms with Crippen LogP contribution in [0.2, 0.25) is 0 Å². The Morgan fingerprint density at radius 1 is 1.12 bits per heavy atom. The number of hydrogen-bond acceptors (Lipinski definition) is 6. The molecule has 0 aliphatic rings. The van der Waals surface area contributed by atoms with Gasteiger partial charge in [-0.05, 0) is 24.6 Å². The molecular weight excluding hydrogens is 312 g/mol. The molecule has 0 atom stereocenters. The summed E-state index contributed by atoms with van der Waals surface area (Å²) in [6.07, 6.45) is 7.38. The normalized spacial score (nSPS) is 10.7. The lowest BCUT2D eigenvalue weighted by molar-refractivity contribution is -0.168. The number of carbonyl (C=O) groups excluding carboxylic acids is 3. The minimum atomic E-state index is -1.67. The number of esters is 3. The molecule has 1 aromatic carbocycles. The minimum absolute atomic E-state index is 0.126. The summed E-state index contributed by atoms with van der Waals surface area (Å²) in [6.45, 7) is 0. The highest BCUT2D eigenvalue weighted by Gasteiger charge is 2.47. The van der Waals surface area contributed by atoms with Gasteiger partial charge in [-0.15, -0.1) is 12.3 Å². The van der Waals surface area contributed by atoms with Gasteiger partial charge in [0.05, 0.1) is 26.0 Å². The highest BCUT2D eigenvalue weighted by Crippen LogP contribution is 2.30. The van der Waals surface area contributed by atoms with Crippen molar-refractivity contribution in [3.8, 4) is 12.3 Å². The summed E-state index contributed by atoms with van der Waals surface area (Å²) in [5, 5.41) is 0. The topological polar surface area (TPSA) is 78.9 Å². The van der Waals surface area contributed by atoms with Gasteiger partial charge in [-0.3, -0.25) is 9.59 Å². The Bertz CT molecular complexity index is 638. The van der Waals surface area contributed by atoms with Crippen molar-refractivity contribution >= 4 is 17.9 Å². The first-order valence-electron chi connectivity index (χ1n) is 7.03. The first kappa shape index (κ1) is 19.0. The van der Waals surface area contributed by atoms with Gasteiger partial charge in [0.2, 0.25) is 0 Å². The van der Waals surface area contributed by atoms with Crippen LogP contribution in [0.1, 0.15) is 23.2 Å². The van der Waals surface area contributed by atoms with E-state index in [2.05, 4.69) is 15.4 Å². The van der Waals surface area contributed by atoms with Crippen molar-refractivity contribution in [2.75, 3.05) is 14.2 Å². The molecule has 0 fully saturated rings. The Kier molecular flexibility index (Phi) is 7.24. The van der Waals surface area contributed by atoms with E-state index in [0.29, 0.717) is 5.56 Å². The molecule has 0 spiro atoms. The van der Waals surface area contributed by atoms with Crippen LogP contribution in [-0.2, 0) is 23.8 Å². The van der Waals surface area contributed by atoms with E-state index in [-0.39, 0.29) is 12.8 Å². The Morgan fingerprint density at radius 2 is 1.71 bits per heavy atom. The molecule has 6 nitrogen and oxygen atoms in total. The molecule has 126 valence electrons. The van der Waals surface area contributed by atoms with Crippen LogP contribution < -0.4 is 0 Å². The van der Waals surface area contributed by atoms with Crippen LogP contribution in [-0.4, -0.2) is 32.1 Å². The number of terminal acetylenes is 1. The van der Waals surface area contributed by atoms with Crippen molar-refractivity contribution in [3.05, 3.63) is 48.2 Å². The highest BCUT2D eigenvalue weighted by molar-refractivity contribution is 6.00. The molecule has 0 saturated carbocycles. The maximum Gasteiger partial charge on any atom is 0.342 e. The van der Waals surface area contributed by atoms with Crippen LogP contribution in [0.3, 0.4) is 0 Å². The van der Waals surface area contributed by atoms with E-state index < -0.39 is 23.3 Å². The largest absolute Gasteiger partial charge is 0.468 e. The summed E-state index contributed by atoms with van der Waals surface area (Å²) in [4.78, 5) is 35.8. The second-order valence-corrected chi connectivity index (χ2v) is 4.79. The second-order valence-electron chi connectivity index (χ2n) is 4.79. The lowest BCUT2D eigenvalue weighted by Crippen LogP contribution is -2.40. The zero-order valence-electron chi connectivity index (χ0n) is 13.5. The lowest BCUT2D eigenvalue weighted by atomic mass is 9.81. The number of carbonyl (C=O) groups is 3. The van der Waals surface area contributed by atoms with Crippen molar-refractivity contribution in [2.24, 2.45) is 5.41 Å². The molecule has 24 heavy (non-hydrogen) atoms. The van der Waals surface area contributed by atoms with Gasteiger partial charge in [0.1, 0.15) is 0 Å². The number of hydrogen-bond donors (Lipinski definition) is 0. The number of benzene rings is 1. The van der Waals surface area contributed by atoms with Crippen LogP contribution in [0.5, 0.6) is 0 Å². The van der Waals surface area contributed by atoms with Crippen molar-refractivity contribution in [1.82, 2.24) is 0 Å². The summed E-state index contributed by atoms with van der Waals surface area (Å²) in [6, 6.07) is 8.37. The lowest BCUT2D eigenvalue weighted by Gasteiger charge is -2.24. The molecule has 1 aromatic rings. The molecule has 0 amide bonds. The summed E-state index contributed by atoms with van der Waals surface area (Å²) in [5.41, 5.74) is -1.30. The molecule has 0 unspecified atom stereocenters. The SMILES string of the molecule is C#CCC(C/C=C/OC(=O)c1ccccc1)(C(=O)OC)C(=O)OC. The van der Waals surface area contributed by atoms with Gasteiger partial charge >= 0.3 is 17.9 Å². The average molecular weight is 330 g/mol. The predicted molar refractivity (Wildman–Crippen MR) is 85.5 cm³/mol. The Balaban J connectivity index is 2.84. The summed E-state index contributed by atoms with van der Waals surface area (Å²) >= 11 is 0. The van der Waals surface area contributed by atoms with Gasteiger partial charge in [-0.1, -0.05) is 18.2 Å². The van der Waals surface area contributed by atoms with Crippen molar-refractivity contribution in [2.45, 2.75) is 12.8 Å². The fraction of sp³-hybridized carbons (Fsp3) is 0.278. The Morgan fingerprint density at radius 3 is 2.21 bits per heavy atom. The van der Waals surface area contributed by atoms with E-state index in [1.54, 1.807) is 30.3 Å². The van der Waals surface area contributed by atoms with Gasteiger partial charge in [0.15, 0.2) is 5.41 Å². The van der Waals surface area contributed by atoms with E-state index in [4.69, 9.17) is 11.2 Å². The molecule has 0 aliphatic heterocycles. The summed E-state index contributed by atoms with van der Waals surface area (Å²) < 4.78 is 14.3. The first-order valence-corrected chi connectivity index (χ1v) is 7.03. The van der Waals surface area contributed by atoms with Crippen molar-refractivity contribution in [3.63, 3.8) is 0 Å². The van der Waals surface area contributed by atoms with Crippen LogP contribution >= 0.6 is 0 Å². The zero-order valence-corrected chi connectivity index (χ0v) is 13.5. The van der Waals surface area contributed by atoms with Gasteiger partial charge in [-0.25, -0.2) is 4.79 Å². The third kappa shape index (κ3) is 4.46. The van der Waals surface area contributed by atoms with Crippen LogP contribution in [0, 0.1) is 17.8 Å². The molecule has 0 saturated heterocycles. The van der Waals surface area contributed by atoms with Crippen LogP contribution in [0.4, 0.5) is 0 Å². The summed E-state index contributed by atoms with van der Waals surface area (Å²) in [7, 11) is 2.30. The number of rotatable bonds is 7. The van der Waals surface area contributed by atoms with E-state index in [0.717, 1.165) is 20.5 Å². The van der Waals surface area contributed by atoms with Crippen molar-refractivity contribution < 1.29 is 28.6 Å². The van der Waals surface area contributed by atoms with Gasteiger partial charge in [0, 0.05) is 6.42 Å². The van der Waals surface area contributed by atoms with E-state index in [9.17, 15) is 14.4 Å². The van der Waals surface area contributed by atoms with Gasteiger partial charge in [0.25, 0.3) is 0 Å². The van der Waals surface area contributed by atoms with Gasteiger partial charge < -0.3 is 14.2 Å². The molecule has 6 heteroatoms. The maximum atomic E-state index is 12.0. The van der Waals surface area contributed by atoms with Crippen LogP contribution in [0.25, 0.3) is 0 Å². The Labute approximate surface area is 140 Å². The molecule has 0 heterocycles. The fourth-order valence-corrected chi connectivity index (χ4v) is 2.03. The van der Waals surface area contributed by atoms with Gasteiger partial charge in [-0.2, -0.15) is 0 Å². The third-order valence-corrected chi connectivity index (χ3v) is 3.30. The van der Waals surface area contributed by atoms with Crippen molar-refractivity contribution in [1.29, 1.82) is 0 Å². The molecule has 0 N–H and O–H groups in total. The fourth-order valence-electron chi connectivity index (χ4n) is 2.03. The quantitative estimate of drug-likeness (QED) is 0.250. The number of methoxy groups -OCH3 is 2. The van der Waals surface area contributed by atoms with Crippen LogP contribution in [0.15, 0.2) is 42.7 Å². The van der Waals surface area contributed by atoms with E-state index in [1.807, 2.05) is 0 Å². The number of allylic oxidation sites excluding steroid dienone is 1. The minimum Gasteiger partial charge on any atom is -0.468 e. The zero-order chi connectivity index (χ0) is 18.0. The predicted octanol–water partition coefficient (Wildman–Crippen LogP) is 2.10. The molecule has 1 rings (SSSR count). The highest BCUT2D eigenvalue weighted by atomic mass is 16.5. The third-order valence-electron chi connectivity index (χ3n) is 3.30. The molecule has 0 bridgehead atoms. The van der Waals surface area contributed by atoms with E-state index >= 15 is 0 Å². The number of ether oxygens (including phenoxy) is 3. The molecule has 0 aromatic heterocycles. The smallest absolute Gasteiger partial charge is 0.342 e. The monoisotopic (exact) mass is 330 g/mol. The molecule has 0 radical (unpaired) electrons. The molecule has 0 aliphatic carbocycles. The Hall–Kier alpha value is -3.07. The maximum absolute atomic E-state index is 12.0. The summed E-state index contributed by atoms with van der Waals surface area (Å²) in [5.74, 6) is 0.0798. The molecular formula is C18H18O6. The van der Waals surface area contributed by atoms with E-state index in [1.165, 1.54) is 6.08 Å². The standard InChI is InChI=1S/C18H18O6/c1-4-11-18(16(20)22-2,17(21)23-3)12-8-13-24-15(19)14-9-6-5-7-10-14/h1,5-10,13H,11-12H2,2-3H3/b13-8+.